The predicted molar refractivity (Wildman–Crippen MR) is 170 cm³/mol. The van der Waals surface area contributed by atoms with Crippen LogP contribution in [0.4, 0.5) is 0 Å². The molecule has 5 heteroatoms. The number of benzene rings is 1. The average Bonchev–Trinajstić information content (AvgIpc) is 2.94. The molecule has 0 heterocycles. The molecule has 230 valence electrons. The molecule has 0 fully saturated rings. The Morgan fingerprint density at radius 2 is 0.769 bits per heavy atom. The summed E-state index contributed by atoms with van der Waals surface area (Å²) in [6.07, 6.45) is 23.1. The molecule has 0 bridgehead atoms. The first kappa shape index (κ1) is 40.3. The number of quaternary nitrogens is 2. The first-order valence-electron chi connectivity index (χ1n) is 17.1. The number of nitrogens with two attached hydrogens (primary N) is 2. The van der Waals surface area contributed by atoms with E-state index in [0.717, 1.165) is 49.7 Å². The van der Waals surface area contributed by atoms with E-state index in [1.54, 1.807) is 12.1 Å². The number of aryl methyl sites for hydroxylation is 2. The van der Waals surface area contributed by atoms with Crippen LogP contribution in [0.15, 0.2) is 18.2 Å². The van der Waals surface area contributed by atoms with Crippen LogP contribution in [0.2, 0.25) is 0 Å². The molecule has 1 rings (SSSR count). The molecule has 0 unspecified atom stereocenters. The van der Waals surface area contributed by atoms with E-state index in [2.05, 4.69) is 58.2 Å². The van der Waals surface area contributed by atoms with Gasteiger partial charge in [-0.1, -0.05) is 105 Å². The van der Waals surface area contributed by atoms with Crippen molar-refractivity contribution < 1.29 is 20.7 Å². The molecule has 1 aromatic carbocycles. The minimum atomic E-state index is -1.85. The fraction of sp³-hybridized carbons (Fsp3) is 0.824. The topological polar surface area (TPSA) is 79.3 Å². The van der Waals surface area contributed by atoms with E-state index in [0.29, 0.717) is 5.46 Å². The average molecular weight is 549 g/mol. The van der Waals surface area contributed by atoms with Crippen molar-refractivity contribution in [3.05, 3.63) is 29.3 Å². The van der Waals surface area contributed by atoms with Gasteiger partial charge in [-0.25, -0.2) is 0 Å². The van der Waals surface area contributed by atoms with Crippen LogP contribution in [0.5, 0.6) is 0 Å². The molecule has 0 spiro atoms. The Morgan fingerprint density at radius 3 is 1.03 bits per heavy atom. The Kier molecular flexibility index (Phi) is 34.4. The summed E-state index contributed by atoms with van der Waals surface area (Å²) in [7, 11) is -1.85. The van der Waals surface area contributed by atoms with Crippen molar-refractivity contribution in [3.8, 4) is 0 Å². The van der Waals surface area contributed by atoms with Crippen molar-refractivity contribution in [2.45, 2.75) is 157 Å². The van der Waals surface area contributed by atoms with Gasteiger partial charge in [0.25, 0.3) is 0 Å². The van der Waals surface area contributed by atoms with E-state index in [9.17, 15) is 10.0 Å². The van der Waals surface area contributed by atoms with E-state index < -0.39 is 7.12 Å². The highest BCUT2D eigenvalue weighted by molar-refractivity contribution is 6.55. The van der Waals surface area contributed by atoms with Gasteiger partial charge in [0, 0.05) is 0 Å². The fourth-order valence-corrected chi connectivity index (χ4v) is 4.42. The molecule has 0 aliphatic carbocycles. The maximum atomic E-state index is 11.0. The van der Waals surface area contributed by atoms with Gasteiger partial charge in [0.05, 0.1) is 26.2 Å². The maximum absolute atomic E-state index is 11.0. The molecular formula is C34H69BN2O2. The second-order valence-corrected chi connectivity index (χ2v) is 11.2. The van der Waals surface area contributed by atoms with Crippen LogP contribution < -0.4 is 26.1 Å². The SMILES string of the molecule is CCCCC[NH2+]CCCCC.CCCCC[NH2+]CCCCC.CCCCc1cc(CCCC)cc(B([O-])[O-])c1. The second-order valence-electron chi connectivity index (χ2n) is 11.2. The molecule has 1 aromatic rings. The third-order valence-electron chi connectivity index (χ3n) is 7.03. The van der Waals surface area contributed by atoms with Gasteiger partial charge in [-0.15, -0.1) is 5.46 Å². The van der Waals surface area contributed by atoms with Crippen LogP contribution >= 0.6 is 0 Å². The highest BCUT2D eigenvalue weighted by Gasteiger charge is 2.00. The Hall–Kier alpha value is -0.875. The quantitative estimate of drug-likeness (QED) is 0.154. The van der Waals surface area contributed by atoms with E-state index in [1.807, 2.05) is 0 Å². The molecule has 4 nitrogen and oxygen atoms in total. The Labute approximate surface area is 245 Å². The number of hydrogen-bond donors (Lipinski definition) is 2. The molecule has 0 aliphatic rings. The lowest BCUT2D eigenvalue weighted by atomic mass is 9.78. The summed E-state index contributed by atoms with van der Waals surface area (Å²) in [5.41, 5.74) is 2.70. The van der Waals surface area contributed by atoms with Crippen LogP contribution in [0.1, 0.15) is 155 Å². The monoisotopic (exact) mass is 549 g/mol. The van der Waals surface area contributed by atoms with E-state index in [1.165, 1.54) is 103 Å². The molecule has 39 heavy (non-hydrogen) atoms. The Balaban J connectivity index is 0. The van der Waals surface area contributed by atoms with Gasteiger partial charge in [0.1, 0.15) is 0 Å². The molecule has 4 N–H and O–H groups in total. The summed E-state index contributed by atoms with van der Waals surface area (Å²) in [6.45, 7) is 18.7. The molecule has 0 saturated carbocycles. The molecule has 0 atom stereocenters. The van der Waals surface area contributed by atoms with Crippen molar-refractivity contribution in [3.63, 3.8) is 0 Å². The van der Waals surface area contributed by atoms with Gasteiger partial charge < -0.3 is 20.7 Å². The van der Waals surface area contributed by atoms with Crippen molar-refractivity contribution in [2.24, 2.45) is 0 Å². The molecular weight excluding hydrogens is 479 g/mol. The van der Waals surface area contributed by atoms with Crippen LogP contribution in [0, 0.1) is 0 Å². The zero-order valence-corrected chi connectivity index (χ0v) is 27.3. The van der Waals surface area contributed by atoms with Gasteiger partial charge in [0.15, 0.2) is 0 Å². The standard InChI is InChI=1S/C14H21BO2.2C10H23N/c1-3-5-7-12-9-13(8-6-4-2)11-14(10-12)15(16)17;2*1-3-5-7-9-11-10-8-6-4-2/h9-11H,3-8H2,1-2H3;2*11H,3-10H2,1-2H3/q-2;;/p+2. The summed E-state index contributed by atoms with van der Waals surface area (Å²) >= 11 is 0. The zero-order valence-electron chi connectivity index (χ0n) is 27.3. The molecule has 0 aromatic heterocycles. The normalized spacial score (nSPS) is 10.5. The lowest BCUT2D eigenvalue weighted by Gasteiger charge is -2.28. The third-order valence-corrected chi connectivity index (χ3v) is 7.03. The molecule has 0 amide bonds. The van der Waals surface area contributed by atoms with Crippen LogP contribution in [-0.4, -0.2) is 33.3 Å². The molecule has 0 aliphatic heterocycles. The first-order valence-corrected chi connectivity index (χ1v) is 17.1. The fourth-order valence-electron chi connectivity index (χ4n) is 4.42. The van der Waals surface area contributed by atoms with E-state index >= 15 is 0 Å². The first-order chi connectivity index (χ1) is 19.0. The summed E-state index contributed by atoms with van der Waals surface area (Å²) in [6, 6.07) is 5.72. The van der Waals surface area contributed by atoms with Crippen LogP contribution in [0.3, 0.4) is 0 Å². The summed E-state index contributed by atoms with van der Waals surface area (Å²) in [5, 5.41) is 27.0. The summed E-state index contributed by atoms with van der Waals surface area (Å²) < 4.78 is 0. The van der Waals surface area contributed by atoms with Crippen molar-refractivity contribution in [1.82, 2.24) is 0 Å². The summed E-state index contributed by atoms with van der Waals surface area (Å²) in [5.74, 6) is 0. The zero-order chi connectivity index (χ0) is 29.4. The van der Waals surface area contributed by atoms with Gasteiger partial charge in [-0.05, 0) is 88.2 Å². The van der Waals surface area contributed by atoms with Crippen molar-refractivity contribution >= 4 is 12.6 Å². The van der Waals surface area contributed by atoms with E-state index in [-0.39, 0.29) is 0 Å². The van der Waals surface area contributed by atoms with Crippen molar-refractivity contribution in [1.29, 1.82) is 0 Å². The minimum absolute atomic E-state index is 0.407. The minimum Gasteiger partial charge on any atom is -0.889 e. The van der Waals surface area contributed by atoms with Gasteiger partial charge >= 0.3 is 0 Å². The largest absolute Gasteiger partial charge is 0.889 e. The number of hydrogen-bond acceptors (Lipinski definition) is 2. The lowest BCUT2D eigenvalue weighted by molar-refractivity contribution is -0.655. The molecule has 0 radical (unpaired) electrons. The highest BCUT2D eigenvalue weighted by atomic mass is 16.4. The van der Waals surface area contributed by atoms with Crippen LogP contribution in [0.25, 0.3) is 0 Å². The number of unbranched alkanes of at least 4 members (excludes halogenated alkanes) is 10. The summed E-state index contributed by atoms with van der Waals surface area (Å²) in [4.78, 5) is 0. The maximum Gasteiger partial charge on any atom is 0.0755 e. The molecule has 0 saturated heterocycles. The Bertz CT molecular complexity index is 538. The Morgan fingerprint density at radius 1 is 0.462 bits per heavy atom. The van der Waals surface area contributed by atoms with Gasteiger partial charge in [0.2, 0.25) is 0 Å². The van der Waals surface area contributed by atoms with Gasteiger partial charge in [-0.3, -0.25) is 0 Å². The third kappa shape index (κ3) is 29.9. The lowest BCUT2D eigenvalue weighted by Crippen LogP contribution is -2.84. The predicted octanol–water partition coefficient (Wildman–Crippen LogP) is 4.65. The van der Waals surface area contributed by atoms with E-state index in [4.69, 9.17) is 0 Å². The number of rotatable bonds is 23. The van der Waals surface area contributed by atoms with Crippen molar-refractivity contribution in [2.75, 3.05) is 26.2 Å². The van der Waals surface area contributed by atoms with Crippen LogP contribution in [-0.2, 0) is 12.8 Å². The smallest absolute Gasteiger partial charge is 0.0755 e. The van der Waals surface area contributed by atoms with Gasteiger partial charge in [-0.2, -0.15) is 0 Å². The highest BCUT2D eigenvalue weighted by Crippen LogP contribution is 2.10. The second kappa shape index (κ2) is 33.3.